The molecule has 0 aliphatic carbocycles. The lowest BCUT2D eigenvalue weighted by atomic mass is 10.8. The number of rotatable bonds is 2. The van der Waals surface area contributed by atoms with Crippen LogP contribution in [0.1, 0.15) is 0 Å². The van der Waals surface area contributed by atoms with Crippen LogP contribution >= 0.6 is 22.7 Å². The van der Waals surface area contributed by atoms with Gasteiger partial charge in [-0.25, -0.2) is 0 Å². The molecule has 2 rings (SSSR count). The summed E-state index contributed by atoms with van der Waals surface area (Å²) in [6, 6.07) is 0. The van der Waals surface area contributed by atoms with Gasteiger partial charge in [-0.3, -0.25) is 19.3 Å². The van der Waals surface area contributed by atoms with Crippen LogP contribution in [0.5, 0.6) is 0 Å². The quantitative estimate of drug-likeness (QED) is 0.801. The van der Waals surface area contributed by atoms with E-state index in [0.717, 1.165) is 0 Å². The number of nitrogens with zero attached hydrogens (tertiary/aromatic N) is 2. The van der Waals surface area contributed by atoms with E-state index in [-0.39, 0.29) is 0 Å². The zero-order valence-corrected chi connectivity index (χ0v) is 11.4. The van der Waals surface area contributed by atoms with Crippen LogP contribution in [0.3, 0.4) is 0 Å². The van der Waals surface area contributed by atoms with E-state index in [0.29, 0.717) is 0 Å². The first-order valence-corrected chi connectivity index (χ1v) is 7.72. The molecular formula is C8H10N2O5S3. The van der Waals surface area contributed by atoms with Crippen molar-refractivity contribution in [3.05, 3.63) is 34.2 Å². The molecule has 0 aliphatic heterocycles. The van der Waals surface area contributed by atoms with E-state index in [1.165, 1.54) is 0 Å². The third kappa shape index (κ3) is 14.6. The Hall–Kier alpha value is -1.36. The van der Waals surface area contributed by atoms with Gasteiger partial charge in [0.15, 0.2) is 5.75 Å². The van der Waals surface area contributed by atoms with Crippen molar-refractivity contribution in [1.82, 2.24) is 9.97 Å². The first-order chi connectivity index (χ1) is 8.42. The van der Waals surface area contributed by atoms with E-state index in [2.05, 4.69) is 9.97 Å². The Morgan fingerprint density at radius 3 is 1.61 bits per heavy atom. The van der Waals surface area contributed by atoms with E-state index < -0.39 is 21.8 Å². The van der Waals surface area contributed by atoms with E-state index >= 15 is 0 Å². The molecule has 0 radical (unpaired) electrons. The second-order valence-corrected chi connectivity index (χ2v) is 5.43. The van der Waals surface area contributed by atoms with Crippen LogP contribution in [0.2, 0.25) is 0 Å². The van der Waals surface area contributed by atoms with Gasteiger partial charge in [0, 0.05) is 23.2 Å². The van der Waals surface area contributed by atoms with Crippen LogP contribution in [0.4, 0.5) is 0 Å². The van der Waals surface area contributed by atoms with Gasteiger partial charge in [-0.1, -0.05) is 0 Å². The summed E-state index contributed by atoms with van der Waals surface area (Å²) in [6.45, 7) is 0. The molecule has 7 nitrogen and oxygen atoms in total. The molecule has 0 aromatic carbocycles. The minimum absolute atomic E-state index is 1.23. The van der Waals surface area contributed by atoms with Gasteiger partial charge >= 0.3 is 5.97 Å². The molecule has 0 aliphatic rings. The van der Waals surface area contributed by atoms with Crippen molar-refractivity contribution in [2.24, 2.45) is 0 Å². The lowest BCUT2D eigenvalue weighted by molar-refractivity contribution is -0.134. The molecule has 0 saturated carbocycles. The highest BCUT2D eigenvalue weighted by molar-refractivity contribution is 7.86. The van der Waals surface area contributed by atoms with Crippen LogP contribution in [0.25, 0.3) is 0 Å². The second kappa shape index (κ2) is 9.65. The first kappa shape index (κ1) is 16.6. The van der Waals surface area contributed by atoms with Crippen molar-refractivity contribution in [3.63, 3.8) is 0 Å². The summed E-state index contributed by atoms with van der Waals surface area (Å²) in [5.41, 5.74) is 3.58. The molecular weight excluding hydrogens is 300 g/mol. The Kier molecular flexibility index (Phi) is 8.92. The summed E-state index contributed by atoms with van der Waals surface area (Å²) in [7, 11) is -4.32. The predicted molar refractivity (Wildman–Crippen MR) is 68.3 cm³/mol. The molecule has 2 aromatic rings. The van der Waals surface area contributed by atoms with Gasteiger partial charge in [0.1, 0.15) is 0 Å². The van der Waals surface area contributed by atoms with Crippen LogP contribution in [0.15, 0.2) is 34.2 Å². The molecule has 0 spiro atoms. The Morgan fingerprint density at radius 2 is 1.56 bits per heavy atom. The molecule has 10 heteroatoms. The minimum Gasteiger partial charge on any atom is -0.480 e. The number of carboxylic acids is 1. The van der Waals surface area contributed by atoms with E-state index in [9.17, 15) is 13.2 Å². The fraction of sp³-hybridized carbons (Fsp3) is 0.125. The third-order valence-corrected chi connectivity index (χ3v) is 2.66. The number of carboxylic acid groups (broad SMARTS) is 1. The average molecular weight is 310 g/mol. The fourth-order valence-electron chi connectivity index (χ4n) is 0.507. The molecule has 18 heavy (non-hydrogen) atoms. The smallest absolute Gasteiger partial charge is 0.321 e. The molecule has 0 bridgehead atoms. The van der Waals surface area contributed by atoms with Gasteiger partial charge in [0.2, 0.25) is 0 Å². The van der Waals surface area contributed by atoms with E-state index in [4.69, 9.17) is 9.66 Å². The zero-order chi connectivity index (χ0) is 13.9. The van der Waals surface area contributed by atoms with Gasteiger partial charge in [0.25, 0.3) is 10.1 Å². The Balaban J connectivity index is 0.000000250. The van der Waals surface area contributed by atoms with Gasteiger partial charge in [0.05, 0.1) is 11.0 Å². The maximum absolute atomic E-state index is 9.62. The Bertz CT molecular complexity index is 434. The summed E-state index contributed by atoms with van der Waals surface area (Å²) < 4.78 is 27.0. The van der Waals surface area contributed by atoms with Gasteiger partial charge < -0.3 is 5.11 Å². The SMILES string of the molecule is O=C(O)CS(=O)(=O)O.c1cscn1.c1cscn1. The normalized spacial score (nSPS) is 9.39. The molecule has 0 fully saturated rings. The molecule has 100 valence electrons. The number of hydrogen-bond acceptors (Lipinski definition) is 7. The highest BCUT2D eigenvalue weighted by Gasteiger charge is 2.09. The summed E-state index contributed by atoms with van der Waals surface area (Å²) in [4.78, 5) is 17.0. The van der Waals surface area contributed by atoms with Gasteiger partial charge in [-0.05, 0) is 0 Å². The molecule has 2 heterocycles. The van der Waals surface area contributed by atoms with Crippen LogP contribution < -0.4 is 0 Å². The van der Waals surface area contributed by atoms with E-state index in [1.54, 1.807) is 46.1 Å². The molecule has 2 N–H and O–H groups in total. The third-order valence-electron chi connectivity index (χ3n) is 1.00. The summed E-state index contributed by atoms with van der Waals surface area (Å²) in [5.74, 6) is -2.79. The maximum atomic E-state index is 9.62. The Morgan fingerprint density at radius 1 is 1.11 bits per heavy atom. The highest BCUT2D eigenvalue weighted by Crippen LogP contribution is 1.86. The van der Waals surface area contributed by atoms with Crippen molar-refractivity contribution in [2.75, 3.05) is 5.75 Å². The standard InChI is InChI=1S/2C3H3NS.C2H4O5S/c2*1-2-5-3-4-1;3-2(4)1-8(5,6)7/h2*1-3H;1H2,(H,3,4)(H,5,6,7). The van der Waals surface area contributed by atoms with Crippen molar-refractivity contribution in [3.8, 4) is 0 Å². The number of aliphatic carboxylic acids is 1. The van der Waals surface area contributed by atoms with Gasteiger partial charge in [-0.15, -0.1) is 22.7 Å². The molecule has 0 amide bonds. The first-order valence-electron chi connectivity index (χ1n) is 4.23. The topological polar surface area (TPSA) is 117 Å². The average Bonchev–Trinajstić information content (AvgIpc) is 2.94. The van der Waals surface area contributed by atoms with Crippen LogP contribution in [-0.4, -0.2) is 39.8 Å². The van der Waals surface area contributed by atoms with Crippen molar-refractivity contribution >= 4 is 38.8 Å². The zero-order valence-electron chi connectivity index (χ0n) is 8.91. The molecule has 2 aromatic heterocycles. The highest BCUT2D eigenvalue weighted by atomic mass is 32.2. The summed E-state index contributed by atoms with van der Waals surface area (Å²) >= 11 is 3.20. The van der Waals surface area contributed by atoms with Crippen molar-refractivity contribution in [1.29, 1.82) is 0 Å². The minimum atomic E-state index is -4.32. The number of carbonyl (C=O) groups is 1. The number of hydrogen-bond donors (Lipinski definition) is 2. The summed E-state index contributed by atoms with van der Waals surface area (Å²) in [6.07, 6.45) is 3.54. The monoisotopic (exact) mass is 310 g/mol. The largest absolute Gasteiger partial charge is 0.480 e. The van der Waals surface area contributed by atoms with Gasteiger partial charge in [-0.2, -0.15) is 8.42 Å². The number of aromatic nitrogens is 2. The number of thiazole rings is 2. The van der Waals surface area contributed by atoms with Crippen molar-refractivity contribution in [2.45, 2.75) is 0 Å². The van der Waals surface area contributed by atoms with Crippen molar-refractivity contribution < 1.29 is 22.9 Å². The van der Waals surface area contributed by atoms with E-state index in [1.807, 2.05) is 10.8 Å². The molecule has 0 atom stereocenters. The predicted octanol–water partition coefficient (Wildman–Crippen LogP) is 1.25. The lowest BCUT2D eigenvalue weighted by Crippen LogP contribution is -2.13. The second-order valence-electron chi connectivity index (χ2n) is 2.47. The van der Waals surface area contributed by atoms with Crippen LogP contribution in [0, 0.1) is 0 Å². The summed E-state index contributed by atoms with van der Waals surface area (Å²) in [5, 5.41) is 11.6. The maximum Gasteiger partial charge on any atom is 0.321 e. The lowest BCUT2D eigenvalue weighted by Gasteiger charge is -1.85. The van der Waals surface area contributed by atoms with Crippen LogP contribution in [-0.2, 0) is 14.9 Å². The Labute approximate surface area is 112 Å². The fourth-order valence-corrected chi connectivity index (χ4v) is 1.52. The molecule has 0 unspecified atom stereocenters. The molecule has 0 saturated heterocycles.